The second-order valence-corrected chi connectivity index (χ2v) is 6.88. The predicted molar refractivity (Wildman–Crippen MR) is 124 cm³/mol. The van der Waals surface area contributed by atoms with E-state index in [0.29, 0.717) is 47.0 Å². The first-order chi connectivity index (χ1) is 16.0. The van der Waals surface area contributed by atoms with Gasteiger partial charge in [-0.25, -0.2) is 0 Å². The van der Waals surface area contributed by atoms with Crippen molar-refractivity contribution in [1.82, 2.24) is 0 Å². The lowest BCUT2D eigenvalue weighted by Crippen LogP contribution is -2.08. The molecule has 0 spiro atoms. The first-order valence-corrected chi connectivity index (χ1v) is 10.5. The number of benzene rings is 3. The van der Waals surface area contributed by atoms with Gasteiger partial charge in [-0.3, -0.25) is 14.9 Å². The molecule has 0 saturated heterocycles. The van der Waals surface area contributed by atoms with Gasteiger partial charge in [0.1, 0.15) is 18.1 Å². The predicted octanol–water partition coefficient (Wildman–Crippen LogP) is 5.17. The molecule has 3 aromatic carbocycles. The summed E-state index contributed by atoms with van der Waals surface area (Å²) in [5.74, 6) is 0.729. The highest BCUT2D eigenvalue weighted by atomic mass is 16.6. The van der Waals surface area contributed by atoms with Crippen LogP contribution in [0.1, 0.15) is 40.9 Å². The first kappa shape index (κ1) is 23.5. The molecule has 0 heterocycles. The van der Waals surface area contributed by atoms with E-state index in [1.807, 2.05) is 19.9 Å². The number of ether oxygens (including phenoxy) is 2. The molecular formula is C25H24N2O6. The van der Waals surface area contributed by atoms with Crippen LogP contribution in [0.4, 0.5) is 5.69 Å². The molecule has 0 aliphatic heterocycles. The van der Waals surface area contributed by atoms with Crippen LogP contribution in [0.5, 0.6) is 11.5 Å². The van der Waals surface area contributed by atoms with Crippen LogP contribution in [0.15, 0.2) is 71.9 Å². The summed E-state index contributed by atoms with van der Waals surface area (Å²) in [7, 11) is 0. The standard InChI is InChI=1S/C25H24N2O6/c1-3-31-23-15-24(32-4-2)22(25(28)19-10-6-5-7-11-19)14-20(23)16-26-33-17-18-9-8-12-21(13-18)27(29)30/h5-16H,3-4,17H2,1-2H3/b26-16-. The lowest BCUT2D eigenvalue weighted by molar-refractivity contribution is -0.384. The van der Waals surface area contributed by atoms with Gasteiger partial charge in [0.05, 0.1) is 29.9 Å². The Hall–Kier alpha value is -4.20. The quantitative estimate of drug-likeness (QED) is 0.174. The Labute approximate surface area is 191 Å². The van der Waals surface area contributed by atoms with E-state index in [1.54, 1.807) is 48.5 Å². The van der Waals surface area contributed by atoms with Gasteiger partial charge in [-0.2, -0.15) is 0 Å². The highest BCUT2D eigenvalue weighted by Crippen LogP contribution is 2.30. The number of non-ortho nitro benzene ring substituents is 1. The van der Waals surface area contributed by atoms with Gasteiger partial charge < -0.3 is 14.3 Å². The van der Waals surface area contributed by atoms with Crippen molar-refractivity contribution in [3.8, 4) is 11.5 Å². The molecule has 0 saturated carbocycles. The Balaban J connectivity index is 1.87. The van der Waals surface area contributed by atoms with E-state index in [-0.39, 0.29) is 18.1 Å². The molecule has 0 radical (unpaired) electrons. The molecule has 0 amide bonds. The molecule has 0 aromatic heterocycles. The summed E-state index contributed by atoms with van der Waals surface area (Å²) in [6, 6.07) is 18.4. The molecule has 0 N–H and O–H groups in total. The molecule has 0 bridgehead atoms. The van der Waals surface area contributed by atoms with Gasteiger partial charge in [-0.05, 0) is 25.5 Å². The number of nitrogens with zero attached hydrogens (tertiary/aromatic N) is 2. The van der Waals surface area contributed by atoms with Crippen LogP contribution in [0.25, 0.3) is 0 Å². The maximum atomic E-state index is 13.1. The normalized spacial score (nSPS) is 10.7. The molecular weight excluding hydrogens is 424 g/mol. The minimum atomic E-state index is -0.466. The summed E-state index contributed by atoms with van der Waals surface area (Å²) >= 11 is 0. The molecule has 8 heteroatoms. The third kappa shape index (κ3) is 6.16. The molecule has 0 aliphatic rings. The van der Waals surface area contributed by atoms with Crippen molar-refractivity contribution in [2.24, 2.45) is 5.16 Å². The van der Waals surface area contributed by atoms with Crippen molar-refractivity contribution < 1.29 is 24.0 Å². The van der Waals surface area contributed by atoms with Crippen LogP contribution >= 0.6 is 0 Å². The highest BCUT2D eigenvalue weighted by Gasteiger charge is 2.18. The summed E-state index contributed by atoms with van der Waals surface area (Å²) in [5.41, 5.74) is 2.05. The number of hydrogen-bond donors (Lipinski definition) is 0. The van der Waals surface area contributed by atoms with Gasteiger partial charge in [0.2, 0.25) is 0 Å². The molecule has 0 unspecified atom stereocenters. The molecule has 3 aromatic rings. The number of hydrogen-bond acceptors (Lipinski definition) is 7. The lowest BCUT2D eigenvalue weighted by atomic mass is 10.00. The number of nitro groups is 1. The number of nitro benzene ring substituents is 1. The minimum Gasteiger partial charge on any atom is -0.493 e. The van der Waals surface area contributed by atoms with Gasteiger partial charge in [0, 0.05) is 29.3 Å². The van der Waals surface area contributed by atoms with Crippen molar-refractivity contribution in [1.29, 1.82) is 0 Å². The average molecular weight is 448 g/mol. The van der Waals surface area contributed by atoms with E-state index >= 15 is 0 Å². The van der Waals surface area contributed by atoms with E-state index in [9.17, 15) is 14.9 Å². The number of carbonyl (C=O) groups excluding carboxylic acids is 1. The Morgan fingerprint density at radius 2 is 1.70 bits per heavy atom. The number of carbonyl (C=O) groups is 1. The monoisotopic (exact) mass is 448 g/mol. The molecule has 33 heavy (non-hydrogen) atoms. The Morgan fingerprint density at radius 1 is 0.970 bits per heavy atom. The molecule has 3 rings (SSSR count). The van der Waals surface area contributed by atoms with Gasteiger partial charge >= 0.3 is 0 Å². The molecule has 8 nitrogen and oxygen atoms in total. The molecule has 170 valence electrons. The van der Waals surface area contributed by atoms with Crippen LogP contribution in [0.2, 0.25) is 0 Å². The van der Waals surface area contributed by atoms with Crippen molar-refractivity contribution in [3.63, 3.8) is 0 Å². The summed E-state index contributed by atoms with van der Waals surface area (Å²) in [6.07, 6.45) is 1.44. The maximum absolute atomic E-state index is 13.1. The second-order valence-electron chi connectivity index (χ2n) is 6.88. The van der Waals surface area contributed by atoms with Crippen LogP contribution in [-0.2, 0) is 11.4 Å². The highest BCUT2D eigenvalue weighted by molar-refractivity contribution is 6.11. The van der Waals surface area contributed by atoms with Crippen molar-refractivity contribution in [2.45, 2.75) is 20.5 Å². The third-order valence-corrected chi connectivity index (χ3v) is 4.61. The molecule has 0 aliphatic carbocycles. The zero-order chi connectivity index (χ0) is 23.6. The fraction of sp³-hybridized carbons (Fsp3) is 0.200. The number of ketones is 1. The summed E-state index contributed by atoms with van der Waals surface area (Å²) in [6.45, 7) is 4.54. The fourth-order valence-corrected chi connectivity index (χ4v) is 3.12. The Morgan fingerprint density at radius 3 is 2.39 bits per heavy atom. The third-order valence-electron chi connectivity index (χ3n) is 4.61. The van der Waals surface area contributed by atoms with Gasteiger partial charge in [0.25, 0.3) is 5.69 Å². The second kappa shape index (κ2) is 11.4. The van der Waals surface area contributed by atoms with Crippen LogP contribution in [0.3, 0.4) is 0 Å². The summed E-state index contributed by atoms with van der Waals surface area (Å²) in [4.78, 5) is 28.9. The average Bonchev–Trinajstić information content (AvgIpc) is 2.83. The van der Waals surface area contributed by atoms with Gasteiger partial charge in [0.15, 0.2) is 5.78 Å². The van der Waals surface area contributed by atoms with Crippen molar-refractivity contribution in [3.05, 3.63) is 99.1 Å². The fourth-order valence-electron chi connectivity index (χ4n) is 3.12. The largest absolute Gasteiger partial charge is 0.493 e. The summed E-state index contributed by atoms with van der Waals surface area (Å²) < 4.78 is 11.4. The Bertz CT molecular complexity index is 1140. The Kier molecular flexibility index (Phi) is 8.13. The molecule has 0 fully saturated rings. The summed E-state index contributed by atoms with van der Waals surface area (Å²) in [5, 5.41) is 14.9. The molecule has 0 atom stereocenters. The zero-order valence-corrected chi connectivity index (χ0v) is 18.4. The SMILES string of the molecule is CCOc1cc(OCC)c(C(=O)c2ccccc2)cc1/C=N\OCc1cccc([N+](=O)[O-])c1. The van der Waals surface area contributed by atoms with Gasteiger partial charge in [-0.1, -0.05) is 47.6 Å². The lowest BCUT2D eigenvalue weighted by Gasteiger charge is -2.14. The smallest absolute Gasteiger partial charge is 0.269 e. The van der Waals surface area contributed by atoms with Crippen molar-refractivity contribution >= 4 is 17.7 Å². The van der Waals surface area contributed by atoms with Gasteiger partial charge in [-0.15, -0.1) is 0 Å². The van der Waals surface area contributed by atoms with Crippen LogP contribution in [0, 0.1) is 10.1 Å². The van der Waals surface area contributed by atoms with E-state index in [0.717, 1.165) is 0 Å². The topological polar surface area (TPSA) is 100 Å². The van der Waals surface area contributed by atoms with E-state index in [1.165, 1.54) is 18.3 Å². The maximum Gasteiger partial charge on any atom is 0.269 e. The van der Waals surface area contributed by atoms with E-state index in [4.69, 9.17) is 14.3 Å². The van der Waals surface area contributed by atoms with Crippen LogP contribution < -0.4 is 9.47 Å². The zero-order valence-electron chi connectivity index (χ0n) is 18.4. The first-order valence-electron chi connectivity index (χ1n) is 10.5. The number of rotatable bonds is 11. The van der Waals surface area contributed by atoms with E-state index in [2.05, 4.69) is 5.16 Å². The van der Waals surface area contributed by atoms with Crippen LogP contribution in [-0.4, -0.2) is 30.1 Å². The van der Waals surface area contributed by atoms with Crippen molar-refractivity contribution in [2.75, 3.05) is 13.2 Å². The van der Waals surface area contributed by atoms with E-state index < -0.39 is 4.92 Å². The minimum absolute atomic E-state index is 0.0192. The number of oxime groups is 1.